The highest BCUT2D eigenvalue weighted by atomic mass is 35.5. The number of carbonyl (C=O) groups excluding carboxylic acids is 1. The van der Waals surface area contributed by atoms with Crippen molar-refractivity contribution in [2.45, 2.75) is 18.2 Å². The fourth-order valence-electron chi connectivity index (χ4n) is 1.86. The van der Waals surface area contributed by atoms with Gasteiger partial charge in [0.25, 0.3) is 15.9 Å². The number of aromatic nitrogens is 2. The third kappa shape index (κ3) is 3.29. The van der Waals surface area contributed by atoms with E-state index < -0.39 is 15.9 Å². The normalized spacial score (nSPS) is 11.4. The van der Waals surface area contributed by atoms with Gasteiger partial charge in [0.15, 0.2) is 0 Å². The topological polar surface area (TPSA) is 93.1 Å². The minimum absolute atomic E-state index is 0.0423. The zero-order chi connectivity index (χ0) is 16.3. The summed E-state index contributed by atoms with van der Waals surface area (Å²) in [5, 5.41) is 4.31. The summed E-state index contributed by atoms with van der Waals surface area (Å²) < 4.78 is 25.3. The lowest BCUT2D eigenvalue weighted by Gasteiger charge is -2.08. The Morgan fingerprint density at radius 1 is 1.32 bits per heavy atom. The largest absolute Gasteiger partial charge is 0.286 e. The summed E-state index contributed by atoms with van der Waals surface area (Å²) >= 11 is 6.07. The van der Waals surface area contributed by atoms with Crippen LogP contribution in [0.1, 0.15) is 23.1 Å². The third-order valence-corrected chi connectivity index (χ3v) is 4.62. The molecule has 2 aromatic rings. The monoisotopic (exact) mass is 342 g/mol. The molecule has 1 aromatic carbocycles. The number of nitrogens with one attached hydrogen (secondary N) is 2. The van der Waals surface area contributed by atoms with Crippen LogP contribution in [0.25, 0.3) is 0 Å². The van der Waals surface area contributed by atoms with E-state index in [4.69, 9.17) is 11.6 Å². The molecular weight excluding hydrogens is 328 g/mol. The van der Waals surface area contributed by atoms with Gasteiger partial charge in [-0.25, -0.2) is 8.42 Å². The molecule has 118 valence electrons. The zero-order valence-electron chi connectivity index (χ0n) is 12.0. The molecule has 0 aliphatic heterocycles. The Labute approximate surface area is 133 Å². The molecule has 0 saturated heterocycles. The second-order valence-corrected chi connectivity index (χ2v) is 6.52. The lowest BCUT2D eigenvalue weighted by molar-refractivity contribution is 0.0936. The maximum Gasteiger partial charge on any atom is 0.286 e. The van der Waals surface area contributed by atoms with Crippen molar-refractivity contribution < 1.29 is 13.2 Å². The van der Waals surface area contributed by atoms with Crippen LogP contribution in [0.15, 0.2) is 35.2 Å². The maximum atomic E-state index is 12.1. The number of nitrogens with zero attached hydrogens (tertiary/aromatic N) is 2. The molecule has 0 aliphatic rings. The van der Waals surface area contributed by atoms with Gasteiger partial charge in [0.2, 0.25) is 0 Å². The first-order chi connectivity index (χ1) is 10.4. The number of sulfonamides is 1. The van der Waals surface area contributed by atoms with Crippen LogP contribution in [0.4, 0.5) is 0 Å². The van der Waals surface area contributed by atoms with E-state index in [0.29, 0.717) is 12.1 Å². The number of hydrazine groups is 1. The third-order valence-electron chi connectivity index (χ3n) is 2.96. The smallest absolute Gasteiger partial charge is 0.272 e. The van der Waals surface area contributed by atoms with Crippen LogP contribution >= 0.6 is 11.6 Å². The summed E-state index contributed by atoms with van der Waals surface area (Å²) in [7, 11) is -2.28. The van der Waals surface area contributed by atoms with Gasteiger partial charge in [0.1, 0.15) is 5.69 Å². The predicted molar refractivity (Wildman–Crippen MR) is 81.8 cm³/mol. The van der Waals surface area contributed by atoms with Crippen LogP contribution in [0.2, 0.25) is 5.02 Å². The van der Waals surface area contributed by atoms with E-state index in [1.54, 1.807) is 25.2 Å². The minimum atomic E-state index is -3.84. The summed E-state index contributed by atoms with van der Waals surface area (Å²) in [4.78, 5) is 14.2. The lowest BCUT2D eigenvalue weighted by atomic mass is 10.3. The highest BCUT2D eigenvalue weighted by Gasteiger charge is 2.22. The second-order valence-electron chi connectivity index (χ2n) is 4.46. The van der Waals surface area contributed by atoms with Crippen LogP contribution in [-0.2, 0) is 23.5 Å². The number of hydrogen-bond donors (Lipinski definition) is 2. The van der Waals surface area contributed by atoms with Crippen molar-refractivity contribution in [1.29, 1.82) is 0 Å². The van der Waals surface area contributed by atoms with Gasteiger partial charge in [-0.1, -0.05) is 36.7 Å². The van der Waals surface area contributed by atoms with Crippen molar-refractivity contribution in [2.75, 3.05) is 0 Å². The average Bonchev–Trinajstić information content (AvgIpc) is 2.80. The number of amides is 1. The van der Waals surface area contributed by atoms with Gasteiger partial charge in [-0.15, -0.1) is 4.83 Å². The highest BCUT2D eigenvalue weighted by molar-refractivity contribution is 7.89. The van der Waals surface area contributed by atoms with Gasteiger partial charge in [-0.3, -0.25) is 14.9 Å². The van der Waals surface area contributed by atoms with Crippen molar-refractivity contribution in [3.05, 3.63) is 46.7 Å². The first-order valence-electron chi connectivity index (χ1n) is 6.45. The van der Waals surface area contributed by atoms with Crippen LogP contribution in [0.3, 0.4) is 0 Å². The molecule has 1 heterocycles. The van der Waals surface area contributed by atoms with Crippen molar-refractivity contribution in [3.63, 3.8) is 0 Å². The summed E-state index contributed by atoms with van der Waals surface area (Å²) in [5.41, 5.74) is 2.80. The summed E-state index contributed by atoms with van der Waals surface area (Å²) in [5.74, 6) is -0.681. The van der Waals surface area contributed by atoms with Crippen molar-refractivity contribution in [1.82, 2.24) is 20.0 Å². The van der Waals surface area contributed by atoms with Gasteiger partial charge in [-0.05, 0) is 18.6 Å². The van der Waals surface area contributed by atoms with Gasteiger partial charge < -0.3 is 0 Å². The molecule has 2 rings (SSSR count). The molecule has 2 N–H and O–H groups in total. The van der Waals surface area contributed by atoms with E-state index >= 15 is 0 Å². The Balaban J connectivity index is 2.16. The Morgan fingerprint density at radius 2 is 1.95 bits per heavy atom. The number of aryl methyl sites for hydroxylation is 2. The fourth-order valence-corrected chi connectivity index (χ4v) is 3.10. The Morgan fingerprint density at radius 3 is 2.50 bits per heavy atom. The molecule has 0 spiro atoms. The lowest BCUT2D eigenvalue weighted by Crippen LogP contribution is -2.42. The standard InChI is InChI=1S/C13H15ClN4O3S/c1-3-10-11(14)12(18(2)16-10)13(19)15-17-22(20,21)9-7-5-4-6-8-9/h4-8,17H,3H2,1-2H3,(H,15,19). The number of benzene rings is 1. The maximum absolute atomic E-state index is 12.1. The molecule has 0 fully saturated rings. The van der Waals surface area contributed by atoms with E-state index in [2.05, 4.69) is 10.5 Å². The first-order valence-corrected chi connectivity index (χ1v) is 8.31. The van der Waals surface area contributed by atoms with Crippen molar-refractivity contribution in [2.24, 2.45) is 7.05 Å². The summed E-state index contributed by atoms with van der Waals surface area (Å²) in [6.07, 6.45) is 0.565. The van der Waals surface area contributed by atoms with Gasteiger partial charge in [0, 0.05) is 7.05 Å². The Kier molecular flexibility index (Phi) is 4.84. The molecule has 1 aromatic heterocycles. The molecule has 7 nitrogen and oxygen atoms in total. The minimum Gasteiger partial charge on any atom is -0.272 e. The summed E-state index contributed by atoms with van der Waals surface area (Å²) in [6.45, 7) is 1.86. The Hall–Kier alpha value is -1.90. The van der Waals surface area contributed by atoms with E-state index in [1.807, 2.05) is 11.8 Å². The molecule has 0 radical (unpaired) electrons. The van der Waals surface area contributed by atoms with Gasteiger partial charge >= 0.3 is 0 Å². The molecule has 0 unspecified atom stereocenters. The Bertz CT molecular complexity index is 787. The molecule has 0 bridgehead atoms. The van der Waals surface area contributed by atoms with Crippen LogP contribution in [-0.4, -0.2) is 24.1 Å². The number of rotatable bonds is 5. The highest BCUT2D eigenvalue weighted by Crippen LogP contribution is 2.20. The number of halogens is 1. The molecule has 22 heavy (non-hydrogen) atoms. The summed E-state index contributed by atoms with van der Waals surface area (Å²) in [6, 6.07) is 7.70. The molecule has 0 aliphatic carbocycles. The number of hydrogen-bond acceptors (Lipinski definition) is 4. The average molecular weight is 343 g/mol. The molecule has 9 heteroatoms. The van der Waals surface area contributed by atoms with Gasteiger partial charge in [-0.2, -0.15) is 5.10 Å². The van der Waals surface area contributed by atoms with Crippen molar-refractivity contribution in [3.8, 4) is 0 Å². The van der Waals surface area contributed by atoms with Crippen LogP contribution < -0.4 is 10.3 Å². The SMILES string of the molecule is CCc1nn(C)c(C(=O)NNS(=O)(=O)c2ccccc2)c1Cl. The van der Waals surface area contributed by atoms with E-state index in [0.717, 1.165) is 0 Å². The molecule has 1 amide bonds. The second kappa shape index (κ2) is 6.47. The quantitative estimate of drug-likeness (QED) is 0.800. The predicted octanol–water partition coefficient (Wildman–Crippen LogP) is 1.26. The zero-order valence-corrected chi connectivity index (χ0v) is 13.6. The first kappa shape index (κ1) is 16.5. The molecular formula is C13H15ClN4O3S. The van der Waals surface area contributed by atoms with Crippen LogP contribution in [0, 0.1) is 0 Å². The molecule has 0 saturated carbocycles. The number of carbonyl (C=O) groups is 1. The van der Waals surface area contributed by atoms with E-state index in [-0.39, 0.29) is 15.6 Å². The van der Waals surface area contributed by atoms with Gasteiger partial charge in [0.05, 0.1) is 15.6 Å². The van der Waals surface area contributed by atoms with E-state index in [9.17, 15) is 13.2 Å². The fraction of sp³-hybridized carbons (Fsp3) is 0.231. The van der Waals surface area contributed by atoms with E-state index in [1.165, 1.54) is 16.8 Å². The van der Waals surface area contributed by atoms with Crippen molar-refractivity contribution >= 4 is 27.5 Å². The molecule has 0 atom stereocenters. The van der Waals surface area contributed by atoms with Crippen LogP contribution in [0.5, 0.6) is 0 Å².